The number of methoxy groups -OCH3 is 1. The monoisotopic (exact) mass is 236 g/mol. The van der Waals surface area contributed by atoms with E-state index in [2.05, 4.69) is 32.0 Å². The smallest absolute Gasteiger partial charge is 0.122 e. The van der Waals surface area contributed by atoms with E-state index >= 15 is 0 Å². The molecule has 0 unspecified atom stereocenters. The molecule has 0 bridgehead atoms. The molecule has 0 radical (unpaired) electrons. The molecule has 3 nitrogen and oxygen atoms in total. The van der Waals surface area contributed by atoms with Crippen molar-refractivity contribution in [3.63, 3.8) is 0 Å². The number of hydrogen-bond donors (Lipinski definition) is 0. The Labute approximate surface area is 103 Å². The van der Waals surface area contributed by atoms with Gasteiger partial charge in [0.1, 0.15) is 11.9 Å². The summed E-state index contributed by atoms with van der Waals surface area (Å²) in [5.74, 6) is 1.40. The quantitative estimate of drug-likeness (QED) is 0.807. The van der Waals surface area contributed by atoms with E-state index in [9.17, 15) is 0 Å². The van der Waals surface area contributed by atoms with Gasteiger partial charge >= 0.3 is 0 Å². The number of ether oxygens (including phenoxy) is 3. The number of hydrogen-bond acceptors (Lipinski definition) is 3. The third kappa shape index (κ3) is 2.79. The molecule has 1 aromatic carbocycles. The van der Waals surface area contributed by atoms with E-state index in [1.54, 1.807) is 7.11 Å². The van der Waals surface area contributed by atoms with Gasteiger partial charge in [0, 0.05) is 0 Å². The Morgan fingerprint density at radius 2 is 2.12 bits per heavy atom. The SMILES string of the molecule is COc1cc([C@H]2COCCO2)ccc1C(C)C. The van der Waals surface area contributed by atoms with Crippen molar-refractivity contribution in [2.45, 2.75) is 25.9 Å². The van der Waals surface area contributed by atoms with Crippen LogP contribution in [0.1, 0.15) is 37.0 Å². The van der Waals surface area contributed by atoms with Crippen LogP contribution < -0.4 is 4.74 Å². The second-order valence-electron chi connectivity index (χ2n) is 4.59. The van der Waals surface area contributed by atoms with Crippen LogP contribution in [0.15, 0.2) is 18.2 Å². The summed E-state index contributed by atoms with van der Waals surface area (Å²) in [4.78, 5) is 0. The highest BCUT2D eigenvalue weighted by atomic mass is 16.6. The maximum absolute atomic E-state index is 5.68. The van der Waals surface area contributed by atoms with Crippen molar-refractivity contribution < 1.29 is 14.2 Å². The lowest BCUT2D eigenvalue weighted by molar-refractivity contribution is -0.0902. The van der Waals surface area contributed by atoms with Crippen LogP contribution in [0.2, 0.25) is 0 Å². The summed E-state index contributed by atoms with van der Waals surface area (Å²) < 4.78 is 16.5. The fourth-order valence-corrected chi connectivity index (χ4v) is 2.09. The largest absolute Gasteiger partial charge is 0.496 e. The molecule has 0 N–H and O–H groups in total. The van der Waals surface area contributed by atoms with Gasteiger partial charge in [-0.15, -0.1) is 0 Å². The molecule has 1 aromatic rings. The fraction of sp³-hybridized carbons (Fsp3) is 0.571. The van der Waals surface area contributed by atoms with Crippen LogP contribution in [0, 0.1) is 0 Å². The van der Waals surface area contributed by atoms with E-state index in [-0.39, 0.29) is 6.10 Å². The maximum Gasteiger partial charge on any atom is 0.122 e. The molecule has 1 fully saturated rings. The van der Waals surface area contributed by atoms with Crippen LogP contribution in [0.4, 0.5) is 0 Å². The Bertz CT molecular complexity index is 368. The zero-order valence-electron chi connectivity index (χ0n) is 10.7. The van der Waals surface area contributed by atoms with Crippen molar-refractivity contribution >= 4 is 0 Å². The molecule has 0 amide bonds. The summed E-state index contributed by atoms with van der Waals surface area (Å²) in [7, 11) is 1.71. The number of benzene rings is 1. The Morgan fingerprint density at radius 3 is 2.71 bits per heavy atom. The lowest BCUT2D eigenvalue weighted by Gasteiger charge is -2.24. The third-order valence-corrected chi connectivity index (χ3v) is 3.07. The van der Waals surface area contributed by atoms with E-state index in [0.29, 0.717) is 25.7 Å². The highest BCUT2D eigenvalue weighted by Crippen LogP contribution is 2.31. The summed E-state index contributed by atoms with van der Waals surface area (Å²) in [5.41, 5.74) is 2.36. The lowest BCUT2D eigenvalue weighted by atomic mass is 9.98. The normalized spacial score (nSPS) is 20.6. The van der Waals surface area contributed by atoms with Crippen molar-refractivity contribution in [2.24, 2.45) is 0 Å². The van der Waals surface area contributed by atoms with Gasteiger partial charge in [-0.25, -0.2) is 0 Å². The second kappa shape index (κ2) is 5.52. The summed E-state index contributed by atoms with van der Waals surface area (Å²) in [6.45, 7) is 6.32. The molecule has 3 heteroatoms. The molecule has 2 rings (SSSR count). The molecule has 17 heavy (non-hydrogen) atoms. The van der Waals surface area contributed by atoms with Gasteiger partial charge in [-0.1, -0.05) is 26.0 Å². The molecule has 1 atom stereocenters. The van der Waals surface area contributed by atoms with Gasteiger partial charge in [0.05, 0.1) is 26.9 Å². The van der Waals surface area contributed by atoms with Gasteiger partial charge in [-0.3, -0.25) is 0 Å². The molecular formula is C14H20O3. The molecule has 0 spiro atoms. The Hall–Kier alpha value is -1.06. The average Bonchev–Trinajstić information content (AvgIpc) is 2.39. The molecule has 94 valence electrons. The van der Waals surface area contributed by atoms with Crippen molar-refractivity contribution in [3.05, 3.63) is 29.3 Å². The first kappa shape index (κ1) is 12.4. The highest BCUT2D eigenvalue weighted by molar-refractivity contribution is 5.40. The van der Waals surface area contributed by atoms with Crippen molar-refractivity contribution in [1.82, 2.24) is 0 Å². The third-order valence-electron chi connectivity index (χ3n) is 3.07. The summed E-state index contributed by atoms with van der Waals surface area (Å²) in [6, 6.07) is 6.29. The van der Waals surface area contributed by atoms with E-state index in [0.717, 1.165) is 11.3 Å². The van der Waals surface area contributed by atoms with E-state index in [1.165, 1.54) is 5.56 Å². The van der Waals surface area contributed by atoms with Crippen LogP contribution in [0.5, 0.6) is 5.75 Å². The first-order valence-corrected chi connectivity index (χ1v) is 6.09. The molecule has 0 aromatic heterocycles. The van der Waals surface area contributed by atoms with Crippen molar-refractivity contribution in [2.75, 3.05) is 26.9 Å². The molecule has 0 aliphatic carbocycles. The predicted molar refractivity (Wildman–Crippen MR) is 66.6 cm³/mol. The van der Waals surface area contributed by atoms with Gasteiger partial charge < -0.3 is 14.2 Å². The van der Waals surface area contributed by atoms with Gasteiger partial charge in [0.15, 0.2) is 0 Å². The Balaban J connectivity index is 2.24. The predicted octanol–water partition coefficient (Wildman–Crippen LogP) is 2.91. The van der Waals surface area contributed by atoms with Crippen LogP contribution in [-0.2, 0) is 9.47 Å². The van der Waals surface area contributed by atoms with Gasteiger partial charge in [-0.2, -0.15) is 0 Å². The van der Waals surface area contributed by atoms with Crippen LogP contribution in [-0.4, -0.2) is 26.9 Å². The minimum absolute atomic E-state index is 0.0406. The van der Waals surface area contributed by atoms with Crippen LogP contribution in [0.25, 0.3) is 0 Å². The summed E-state index contributed by atoms with van der Waals surface area (Å²) >= 11 is 0. The second-order valence-corrected chi connectivity index (χ2v) is 4.59. The zero-order chi connectivity index (χ0) is 12.3. The maximum atomic E-state index is 5.68. The number of rotatable bonds is 3. The Morgan fingerprint density at radius 1 is 1.29 bits per heavy atom. The average molecular weight is 236 g/mol. The van der Waals surface area contributed by atoms with Crippen molar-refractivity contribution in [1.29, 1.82) is 0 Å². The van der Waals surface area contributed by atoms with Crippen molar-refractivity contribution in [3.8, 4) is 5.75 Å². The molecule has 1 saturated heterocycles. The Kier molecular flexibility index (Phi) is 4.02. The zero-order valence-corrected chi connectivity index (χ0v) is 10.7. The first-order valence-electron chi connectivity index (χ1n) is 6.09. The lowest BCUT2D eigenvalue weighted by Crippen LogP contribution is -2.22. The standard InChI is InChI=1S/C14H20O3/c1-10(2)12-5-4-11(8-13(12)15-3)14-9-16-6-7-17-14/h4-5,8,10,14H,6-7,9H2,1-3H3/t14-/m1/s1. The molecule has 1 aliphatic heterocycles. The van der Waals surface area contributed by atoms with Crippen LogP contribution in [0.3, 0.4) is 0 Å². The van der Waals surface area contributed by atoms with Gasteiger partial charge in [-0.05, 0) is 23.1 Å². The topological polar surface area (TPSA) is 27.7 Å². The highest BCUT2D eigenvalue weighted by Gasteiger charge is 2.18. The van der Waals surface area contributed by atoms with Gasteiger partial charge in [0.25, 0.3) is 0 Å². The molecular weight excluding hydrogens is 216 g/mol. The molecule has 1 heterocycles. The molecule has 0 saturated carbocycles. The minimum atomic E-state index is 0.0406. The van der Waals surface area contributed by atoms with Gasteiger partial charge in [0.2, 0.25) is 0 Å². The van der Waals surface area contributed by atoms with E-state index in [1.807, 2.05) is 0 Å². The van der Waals surface area contributed by atoms with E-state index < -0.39 is 0 Å². The van der Waals surface area contributed by atoms with E-state index in [4.69, 9.17) is 14.2 Å². The fourth-order valence-electron chi connectivity index (χ4n) is 2.09. The molecule has 1 aliphatic rings. The first-order chi connectivity index (χ1) is 8.22. The minimum Gasteiger partial charge on any atom is -0.496 e. The summed E-state index contributed by atoms with van der Waals surface area (Å²) in [5, 5.41) is 0. The van der Waals surface area contributed by atoms with Crippen LogP contribution >= 0.6 is 0 Å². The summed E-state index contributed by atoms with van der Waals surface area (Å²) in [6.07, 6.45) is 0.0406.